The second-order valence-corrected chi connectivity index (χ2v) is 7.21. The maximum atomic E-state index is 13.8. The van der Waals surface area contributed by atoms with Crippen molar-refractivity contribution in [1.82, 2.24) is 10.3 Å². The maximum absolute atomic E-state index is 13.8. The molecule has 0 spiro atoms. The summed E-state index contributed by atoms with van der Waals surface area (Å²) in [5, 5.41) is 2.99. The van der Waals surface area contributed by atoms with Gasteiger partial charge in [-0.05, 0) is 36.1 Å². The Morgan fingerprint density at radius 3 is 2.43 bits per heavy atom. The minimum atomic E-state index is -0.361. The molecule has 1 heterocycles. The van der Waals surface area contributed by atoms with Gasteiger partial charge in [-0.1, -0.05) is 50.2 Å². The number of nitrogens with one attached hydrogen (secondary N) is 1. The second kappa shape index (κ2) is 8.83. The Morgan fingerprint density at radius 2 is 1.75 bits per heavy atom. The van der Waals surface area contributed by atoms with Crippen molar-refractivity contribution in [2.75, 3.05) is 0 Å². The fourth-order valence-corrected chi connectivity index (χ4v) is 3.00. The van der Waals surface area contributed by atoms with E-state index in [1.807, 2.05) is 6.92 Å². The quantitative estimate of drug-likeness (QED) is 0.596. The van der Waals surface area contributed by atoms with Crippen LogP contribution in [0.15, 0.2) is 59.1 Å². The van der Waals surface area contributed by atoms with Crippen LogP contribution in [-0.4, -0.2) is 10.9 Å². The minimum Gasteiger partial charge on any atom is -0.441 e. The van der Waals surface area contributed by atoms with Gasteiger partial charge in [0.25, 0.3) is 0 Å². The lowest BCUT2D eigenvalue weighted by atomic mass is 9.99. The summed E-state index contributed by atoms with van der Waals surface area (Å²) in [7, 11) is 0. The van der Waals surface area contributed by atoms with Crippen LogP contribution in [0.5, 0.6) is 0 Å². The van der Waals surface area contributed by atoms with Gasteiger partial charge < -0.3 is 9.73 Å². The number of hydrogen-bond donors (Lipinski definition) is 1. The van der Waals surface area contributed by atoms with Crippen LogP contribution in [0.25, 0.3) is 11.3 Å². The average molecular weight is 380 g/mol. The molecular weight excluding hydrogens is 355 g/mol. The monoisotopic (exact) mass is 380 g/mol. The molecule has 1 amide bonds. The SMILES string of the molecule is CC(C)c1ccc(C(C)NC(=O)CCc2ncc(-c3ccccc3F)o2)cc1. The van der Waals surface area contributed by atoms with Gasteiger partial charge in [0.15, 0.2) is 11.7 Å². The number of nitrogens with zero attached hydrogens (tertiary/aromatic N) is 1. The number of halogens is 1. The van der Waals surface area contributed by atoms with E-state index in [0.29, 0.717) is 29.6 Å². The first-order valence-electron chi connectivity index (χ1n) is 9.53. The van der Waals surface area contributed by atoms with E-state index >= 15 is 0 Å². The van der Waals surface area contributed by atoms with E-state index in [-0.39, 0.29) is 24.2 Å². The largest absolute Gasteiger partial charge is 0.441 e. The normalized spacial score (nSPS) is 12.2. The Hall–Kier alpha value is -2.95. The molecule has 0 saturated heterocycles. The van der Waals surface area contributed by atoms with Gasteiger partial charge in [-0.2, -0.15) is 0 Å². The van der Waals surface area contributed by atoms with Gasteiger partial charge in [0.2, 0.25) is 5.91 Å². The number of aryl methyl sites for hydroxylation is 1. The predicted molar refractivity (Wildman–Crippen MR) is 107 cm³/mol. The zero-order chi connectivity index (χ0) is 20.1. The van der Waals surface area contributed by atoms with Crippen LogP contribution in [0.2, 0.25) is 0 Å². The van der Waals surface area contributed by atoms with E-state index in [1.54, 1.807) is 18.2 Å². The summed E-state index contributed by atoms with van der Waals surface area (Å²) in [4.78, 5) is 16.4. The molecule has 0 fully saturated rings. The molecule has 1 aromatic heterocycles. The van der Waals surface area contributed by atoms with Crippen molar-refractivity contribution >= 4 is 5.91 Å². The van der Waals surface area contributed by atoms with Gasteiger partial charge in [-0.15, -0.1) is 0 Å². The van der Waals surface area contributed by atoms with Crippen LogP contribution < -0.4 is 5.32 Å². The lowest BCUT2D eigenvalue weighted by molar-refractivity contribution is -0.121. The Bertz CT molecular complexity index is 932. The molecule has 0 bridgehead atoms. The Morgan fingerprint density at radius 1 is 1.07 bits per heavy atom. The van der Waals surface area contributed by atoms with Crippen molar-refractivity contribution in [3.8, 4) is 11.3 Å². The van der Waals surface area contributed by atoms with Crippen molar-refractivity contribution in [1.29, 1.82) is 0 Å². The molecule has 1 unspecified atom stereocenters. The predicted octanol–water partition coefficient (Wildman–Crippen LogP) is 5.41. The van der Waals surface area contributed by atoms with Crippen LogP contribution in [0.1, 0.15) is 56.2 Å². The third kappa shape index (κ3) is 4.85. The lowest BCUT2D eigenvalue weighted by Gasteiger charge is -2.15. The number of benzene rings is 2. The highest BCUT2D eigenvalue weighted by molar-refractivity contribution is 5.76. The van der Waals surface area contributed by atoms with Crippen molar-refractivity contribution in [3.05, 3.63) is 77.6 Å². The Balaban J connectivity index is 1.54. The van der Waals surface area contributed by atoms with E-state index in [0.717, 1.165) is 5.56 Å². The molecule has 0 saturated carbocycles. The molecule has 5 heteroatoms. The highest BCUT2D eigenvalue weighted by Gasteiger charge is 2.14. The van der Waals surface area contributed by atoms with E-state index in [1.165, 1.54) is 17.8 Å². The molecule has 0 radical (unpaired) electrons. The molecule has 3 rings (SSSR count). The lowest BCUT2D eigenvalue weighted by Crippen LogP contribution is -2.26. The summed E-state index contributed by atoms with van der Waals surface area (Å²) < 4.78 is 19.4. The van der Waals surface area contributed by atoms with Gasteiger partial charge in [0, 0.05) is 12.8 Å². The van der Waals surface area contributed by atoms with E-state index in [2.05, 4.69) is 48.4 Å². The average Bonchev–Trinajstić information content (AvgIpc) is 3.15. The summed E-state index contributed by atoms with van der Waals surface area (Å²) in [6, 6.07) is 14.6. The molecule has 1 N–H and O–H groups in total. The number of amides is 1. The third-order valence-corrected chi connectivity index (χ3v) is 4.74. The fraction of sp³-hybridized carbons (Fsp3) is 0.304. The summed E-state index contributed by atoms with van der Waals surface area (Å²) >= 11 is 0. The first-order valence-corrected chi connectivity index (χ1v) is 9.53. The van der Waals surface area contributed by atoms with Crippen molar-refractivity contribution < 1.29 is 13.6 Å². The minimum absolute atomic E-state index is 0.0766. The van der Waals surface area contributed by atoms with Crippen LogP contribution in [-0.2, 0) is 11.2 Å². The molecular formula is C23H25FN2O2. The molecule has 28 heavy (non-hydrogen) atoms. The number of aromatic nitrogens is 1. The van der Waals surface area contributed by atoms with E-state index in [9.17, 15) is 9.18 Å². The summed E-state index contributed by atoms with van der Waals surface area (Å²) in [6.07, 6.45) is 2.11. The third-order valence-electron chi connectivity index (χ3n) is 4.74. The molecule has 4 nitrogen and oxygen atoms in total. The summed E-state index contributed by atoms with van der Waals surface area (Å²) in [6.45, 7) is 6.27. The molecule has 0 aliphatic heterocycles. The molecule has 146 valence electrons. The van der Waals surface area contributed by atoms with Gasteiger partial charge in [-0.3, -0.25) is 4.79 Å². The summed E-state index contributed by atoms with van der Waals surface area (Å²) in [5.74, 6) is 0.829. The molecule has 2 aromatic carbocycles. The Labute approximate surface area is 164 Å². The van der Waals surface area contributed by atoms with Gasteiger partial charge in [0.1, 0.15) is 5.82 Å². The van der Waals surface area contributed by atoms with E-state index in [4.69, 9.17) is 4.42 Å². The van der Waals surface area contributed by atoms with Crippen molar-refractivity contribution in [2.45, 2.75) is 45.6 Å². The number of carbonyl (C=O) groups excluding carboxylic acids is 1. The molecule has 3 aromatic rings. The Kier molecular flexibility index (Phi) is 6.24. The second-order valence-electron chi connectivity index (χ2n) is 7.21. The maximum Gasteiger partial charge on any atom is 0.220 e. The van der Waals surface area contributed by atoms with Crippen LogP contribution >= 0.6 is 0 Å². The zero-order valence-corrected chi connectivity index (χ0v) is 16.4. The molecule has 1 atom stereocenters. The topological polar surface area (TPSA) is 55.1 Å². The van der Waals surface area contributed by atoms with Crippen LogP contribution in [0, 0.1) is 5.82 Å². The van der Waals surface area contributed by atoms with Crippen molar-refractivity contribution in [2.24, 2.45) is 0 Å². The fourth-order valence-electron chi connectivity index (χ4n) is 3.00. The first kappa shape index (κ1) is 19.8. The number of hydrogen-bond acceptors (Lipinski definition) is 3. The highest BCUT2D eigenvalue weighted by Crippen LogP contribution is 2.24. The van der Waals surface area contributed by atoms with Crippen molar-refractivity contribution in [3.63, 3.8) is 0 Å². The smallest absolute Gasteiger partial charge is 0.220 e. The van der Waals surface area contributed by atoms with Crippen LogP contribution in [0.3, 0.4) is 0 Å². The molecule has 0 aliphatic carbocycles. The van der Waals surface area contributed by atoms with E-state index < -0.39 is 0 Å². The highest BCUT2D eigenvalue weighted by atomic mass is 19.1. The van der Waals surface area contributed by atoms with Gasteiger partial charge in [0.05, 0.1) is 17.8 Å². The molecule has 0 aliphatic rings. The van der Waals surface area contributed by atoms with Gasteiger partial charge in [-0.25, -0.2) is 9.37 Å². The van der Waals surface area contributed by atoms with Crippen LogP contribution in [0.4, 0.5) is 4.39 Å². The summed E-state index contributed by atoms with van der Waals surface area (Å²) in [5.41, 5.74) is 2.71. The number of oxazole rings is 1. The standard InChI is InChI=1S/C23H25FN2O2/c1-15(2)17-8-10-18(11-9-17)16(3)26-22(27)12-13-23-25-14-21(28-23)19-6-4-5-7-20(19)24/h4-11,14-16H,12-13H2,1-3H3,(H,26,27). The first-order chi connectivity index (χ1) is 13.4. The number of carbonyl (C=O) groups is 1. The van der Waals surface area contributed by atoms with Gasteiger partial charge >= 0.3 is 0 Å². The zero-order valence-electron chi connectivity index (χ0n) is 16.4. The number of rotatable bonds is 7.